The Labute approximate surface area is 452 Å². The van der Waals surface area contributed by atoms with Crippen LogP contribution >= 0.6 is 0 Å². The summed E-state index contributed by atoms with van der Waals surface area (Å²) in [6.45, 7) is -3.65. The van der Waals surface area contributed by atoms with Crippen molar-refractivity contribution in [3.05, 3.63) is 0 Å². The van der Waals surface area contributed by atoms with Gasteiger partial charge < -0.3 is 174 Å². The van der Waals surface area contributed by atoms with Crippen LogP contribution in [0, 0.1) is 0 Å². The molecular weight excluding hydrogens is 1100 g/mol. The Hall–Kier alpha value is -1.89. The predicted molar refractivity (Wildman–Crippen MR) is 242 cm³/mol. The van der Waals surface area contributed by atoms with Gasteiger partial charge in [-0.15, -0.1) is 0 Å². The third-order valence-electron chi connectivity index (χ3n) is 14.9. The Balaban J connectivity index is 1.16. The third-order valence-corrected chi connectivity index (χ3v) is 14.9. The minimum absolute atomic E-state index is 0.805. The lowest BCUT2D eigenvalue weighted by Gasteiger charge is -2.51. The predicted octanol–water partition coefficient (Wildman–Crippen LogP) is -15.1. The van der Waals surface area contributed by atoms with Crippen molar-refractivity contribution in [2.45, 2.75) is 229 Å². The van der Waals surface area contributed by atoms with Gasteiger partial charge in [-0.2, -0.15) is 0 Å². The summed E-state index contributed by atoms with van der Waals surface area (Å²) in [6, 6.07) is -1.69. The second-order valence-corrected chi connectivity index (χ2v) is 20.3. The molecular formula is C44H75NO35. The van der Waals surface area contributed by atoms with E-state index in [-0.39, 0.29) is 0 Å². The maximum absolute atomic E-state index is 12.3. The van der Waals surface area contributed by atoms with E-state index in [0.29, 0.717) is 0 Å². The van der Waals surface area contributed by atoms with E-state index in [1.807, 2.05) is 0 Å². The molecule has 36 nitrogen and oxygen atoms in total. The molecule has 0 aromatic rings. The molecule has 7 aliphatic heterocycles. The lowest BCUT2D eigenvalue weighted by Crippen LogP contribution is -2.70. The van der Waals surface area contributed by atoms with Gasteiger partial charge in [0, 0.05) is 6.92 Å². The van der Waals surface area contributed by atoms with Crippen LogP contribution in [0.1, 0.15) is 13.8 Å². The number of carbonyl (C=O) groups excluding carboxylic acids is 1. The van der Waals surface area contributed by atoms with Gasteiger partial charge in [-0.3, -0.25) is 4.79 Å². The first-order valence-electron chi connectivity index (χ1n) is 25.5. The first-order valence-corrected chi connectivity index (χ1v) is 25.5. The fourth-order valence-electron chi connectivity index (χ4n) is 10.2. The highest BCUT2D eigenvalue weighted by Crippen LogP contribution is 2.38. The Morgan fingerprint density at radius 3 is 1.35 bits per heavy atom. The zero-order chi connectivity index (χ0) is 58.9. The highest BCUT2D eigenvalue weighted by atomic mass is 16.8. The van der Waals surface area contributed by atoms with E-state index >= 15 is 0 Å². The lowest BCUT2D eigenvalue weighted by molar-refractivity contribution is -0.407. The maximum Gasteiger partial charge on any atom is 0.217 e. The van der Waals surface area contributed by atoms with E-state index in [2.05, 4.69) is 5.32 Å². The van der Waals surface area contributed by atoms with Crippen LogP contribution in [0.15, 0.2) is 0 Å². The van der Waals surface area contributed by atoms with Gasteiger partial charge in [0.1, 0.15) is 165 Å². The first kappa shape index (κ1) is 65.6. The molecule has 0 aromatic carbocycles. The van der Waals surface area contributed by atoms with Crippen molar-refractivity contribution in [3.63, 3.8) is 0 Å². The summed E-state index contributed by atoms with van der Waals surface area (Å²) in [7, 11) is 0. The molecule has 466 valence electrons. The van der Waals surface area contributed by atoms with Crippen molar-refractivity contribution in [2.75, 3.05) is 39.6 Å². The molecule has 0 unspecified atom stereocenters. The van der Waals surface area contributed by atoms with Crippen molar-refractivity contribution in [3.8, 4) is 0 Å². The number of ether oxygens (including phenoxy) is 13. The van der Waals surface area contributed by atoms with Gasteiger partial charge >= 0.3 is 0 Å². The van der Waals surface area contributed by atoms with Gasteiger partial charge in [0.25, 0.3) is 0 Å². The average Bonchev–Trinajstić information content (AvgIpc) is 3.45. The number of hydrogen-bond acceptors (Lipinski definition) is 35. The standard InChI is InChI=1S/C44H75NO35/c1-9-18(52)24(58)30(64)41(69-9)80-37-36(79-39-17(45-10(2)51)23(57)19(53)11(3-46)71-39)21(55)13(5-48)73-44(37)77-34-15(7-50)74-42(31(65)27(34)61)78-35-22(56)16(8-68-40-29(63)25(59)20(54)12(4-47)72-40)75-43(32(35)66)76-33-14(6-49)70-38(67)28(62)26(33)60/h9,11-44,46-50,52-67H,3-8H2,1-2H3,(H,45,51)/t9-,11+,12+,13+,14+,15+,16+,17+,18+,19+,20-,21-,22-,23+,24+,25-,26+,27+,28+,29+,30-,31+,32+,33+,34-,35-,36-,37+,38+,39-,40+,41-,42-,43-,44-/m0/s1. The molecule has 80 heavy (non-hydrogen) atoms. The van der Waals surface area contributed by atoms with Crippen LogP contribution in [0.5, 0.6) is 0 Å². The van der Waals surface area contributed by atoms with Crippen LogP contribution in [-0.4, -0.2) is 368 Å². The van der Waals surface area contributed by atoms with E-state index < -0.39 is 260 Å². The molecule has 7 aliphatic rings. The van der Waals surface area contributed by atoms with E-state index in [1.54, 1.807) is 0 Å². The fraction of sp³-hybridized carbons (Fsp3) is 0.977. The fourth-order valence-corrected chi connectivity index (χ4v) is 10.2. The average molecular weight is 1180 g/mol. The first-order chi connectivity index (χ1) is 37.8. The number of rotatable bonds is 19. The Morgan fingerprint density at radius 1 is 0.350 bits per heavy atom. The van der Waals surface area contributed by atoms with E-state index in [4.69, 9.17) is 61.6 Å². The molecule has 7 saturated heterocycles. The number of aliphatic hydroxyl groups excluding tert-OH is 21. The Bertz CT molecular complexity index is 1920. The molecule has 0 radical (unpaired) electrons. The van der Waals surface area contributed by atoms with Crippen molar-refractivity contribution >= 4 is 5.91 Å². The number of hydrogen-bond donors (Lipinski definition) is 22. The smallest absolute Gasteiger partial charge is 0.217 e. The molecule has 36 heteroatoms. The van der Waals surface area contributed by atoms with E-state index in [9.17, 15) is 112 Å². The summed E-state index contributed by atoms with van der Waals surface area (Å²) in [5, 5.41) is 228. The van der Waals surface area contributed by atoms with Crippen molar-refractivity contribution in [2.24, 2.45) is 0 Å². The molecule has 0 aliphatic carbocycles. The highest BCUT2D eigenvalue weighted by Gasteiger charge is 2.59. The molecule has 0 bridgehead atoms. The van der Waals surface area contributed by atoms with E-state index in [1.165, 1.54) is 6.92 Å². The second kappa shape index (κ2) is 28.1. The molecule has 7 rings (SSSR count). The maximum atomic E-state index is 12.3. The monoisotopic (exact) mass is 1180 g/mol. The second-order valence-electron chi connectivity index (χ2n) is 20.3. The zero-order valence-corrected chi connectivity index (χ0v) is 42.6. The minimum atomic E-state index is -2.38. The molecule has 7 fully saturated rings. The largest absolute Gasteiger partial charge is 0.394 e. The van der Waals surface area contributed by atoms with Crippen LogP contribution in [0.25, 0.3) is 0 Å². The SMILES string of the molecule is CC(=O)N[C@H]1[C@H](O[C@H]2[C@@H](O)[C@@H](CO)O[C@@H](O[C@@H]3[C@H](O)[C@@H](O)[C@H](O[C@H]4[C@@H](O)[C@@H](CO[C@@H]5O[C@H](CO)[C@H](O)[C@H](O)[C@H]5O)O[C@@H](O[C@H]5[C@H](O)[C@@H](O)[C@H](O)O[C@@H]5CO)[C@@H]4O)O[C@@H]3CO)[C@@H]2O[C@@H]2O[C@@H](C)[C@@H](O)[C@@H](O)[C@@H]2O)O[C@H](CO)[C@@H](O)[C@@H]1O. The summed E-state index contributed by atoms with van der Waals surface area (Å²) in [5.41, 5.74) is 0. The summed E-state index contributed by atoms with van der Waals surface area (Å²) >= 11 is 0. The summed E-state index contributed by atoms with van der Waals surface area (Å²) in [5.74, 6) is -0.805. The number of carbonyl (C=O) groups is 1. The van der Waals surface area contributed by atoms with Crippen LogP contribution in [0.4, 0.5) is 0 Å². The topological polar surface area (TPSA) is 574 Å². The van der Waals surface area contributed by atoms with Gasteiger partial charge in [0.05, 0.1) is 45.7 Å². The molecule has 0 saturated carbocycles. The Morgan fingerprint density at radius 2 is 0.750 bits per heavy atom. The zero-order valence-electron chi connectivity index (χ0n) is 42.6. The summed E-state index contributed by atoms with van der Waals surface area (Å²) in [6.07, 6.45) is -66.7. The molecule has 0 aromatic heterocycles. The van der Waals surface area contributed by atoms with Gasteiger partial charge in [-0.05, 0) is 6.92 Å². The molecule has 1 amide bonds. The molecule has 0 spiro atoms. The molecule has 35 atom stereocenters. The number of amides is 1. The van der Waals surface area contributed by atoms with Gasteiger partial charge in [0.2, 0.25) is 5.91 Å². The van der Waals surface area contributed by atoms with Crippen LogP contribution in [0.2, 0.25) is 0 Å². The third kappa shape index (κ3) is 13.7. The van der Waals surface area contributed by atoms with Gasteiger partial charge in [0.15, 0.2) is 44.0 Å². The minimum Gasteiger partial charge on any atom is -0.394 e. The normalized spacial score (nSPS) is 52.4. The molecule has 7 heterocycles. The lowest BCUT2D eigenvalue weighted by atomic mass is 9.94. The van der Waals surface area contributed by atoms with Crippen molar-refractivity contribution < 1.29 is 174 Å². The van der Waals surface area contributed by atoms with Crippen LogP contribution < -0.4 is 5.32 Å². The van der Waals surface area contributed by atoms with Crippen molar-refractivity contribution in [1.29, 1.82) is 0 Å². The van der Waals surface area contributed by atoms with Crippen LogP contribution in [0.3, 0.4) is 0 Å². The highest BCUT2D eigenvalue weighted by molar-refractivity contribution is 5.73. The van der Waals surface area contributed by atoms with Crippen molar-refractivity contribution in [1.82, 2.24) is 5.32 Å². The van der Waals surface area contributed by atoms with E-state index in [0.717, 1.165) is 6.92 Å². The van der Waals surface area contributed by atoms with Gasteiger partial charge in [-0.1, -0.05) is 0 Å². The number of aliphatic hydroxyl groups is 21. The summed E-state index contributed by atoms with van der Waals surface area (Å²) in [4.78, 5) is 12.3. The molecule has 22 N–H and O–H groups in total. The summed E-state index contributed by atoms with van der Waals surface area (Å²) < 4.78 is 74.7. The number of nitrogens with one attached hydrogen (secondary N) is 1. The van der Waals surface area contributed by atoms with Crippen LogP contribution in [-0.2, 0) is 66.4 Å². The Kier molecular flexibility index (Phi) is 23.0. The van der Waals surface area contributed by atoms with Gasteiger partial charge in [-0.25, -0.2) is 0 Å². The quantitative estimate of drug-likeness (QED) is 0.0571.